The van der Waals surface area contributed by atoms with Gasteiger partial charge in [0, 0.05) is 25.3 Å². The molecular weight excluding hydrogens is 164 g/mol. The lowest BCUT2D eigenvalue weighted by Gasteiger charge is -2.16. The summed E-state index contributed by atoms with van der Waals surface area (Å²) in [4.78, 5) is 0. The minimum Gasteiger partial charge on any atom is -0.382 e. The topological polar surface area (TPSA) is 47.3 Å². The Bertz CT molecular complexity index is 130. The standard InChI is InChI=1S/C10H22N2O/c1-2-13-8-4-7-12-10-6-3-5-9(10)11/h9-10,12H,2-8,11H2,1H3. The van der Waals surface area contributed by atoms with Gasteiger partial charge >= 0.3 is 0 Å². The first-order chi connectivity index (χ1) is 6.34. The van der Waals surface area contributed by atoms with Gasteiger partial charge < -0.3 is 15.8 Å². The highest BCUT2D eigenvalue weighted by atomic mass is 16.5. The van der Waals surface area contributed by atoms with Crippen molar-refractivity contribution in [1.29, 1.82) is 0 Å². The van der Waals surface area contributed by atoms with Crippen molar-refractivity contribution in [3.05, 3.63) is 0 Å². The second kappa shape index (κ2) is 6.35. The van der Waals surface area contributed by atoms with E-state index in [-0.39, 0.29) is 0 Å². The molecule has 2 unspecified atom stereocenters. The van der Waals surface area contributed by atoms with E-state index in [4.69, 9.17) is 10.5 Å². The summed E-state index contributed by atoms with van der Waals surface area (Å²) in [6.07, 6.45) is 4.81. The Labute approximate surface area is 81.0 Å². The molecule has 1 aliphatic rings. The van der Waals surface area contributed by atoms with Crippen LogP contribution in [0.1, 0.15) is 32.6 Å². The molecule has 1 saturated carbocycles. The van der Waals surface area contributed by atoms with Crippen LogP contribution in [0.4, 0.5) is 0 Å². The molecule has 1 fully saturated rings. The van der Waals surface area contributed by atoms with Crippen LogP contribution < -0.4 is 11.1 Å². The van der Waals surface area contributed by atoms with E-state index in [1.807, 2.05) is 6.92 Å². The summed E-state index contributed by atoms with van der Waals surface area (Å²) in [5, 5.41) is 3.49. The molecule has 0 aromatic rings. The van der Waals surface area contributed by atoms with Crippen molar-refractivity contribution >= 4 is 0 Å². The molecule has 13 heavy (non-hydrogen) atoms. The summed E-state index contributed by atoms with van der Waals surface area (Å²) in [5.74, 6) is 0. The monoisotopic (exact) mass is 186 g/mol. The second-order valence-corrected chi connectivity index (χ2v) is 3.71. The van der Waals surface area contributed by atoms with Crippen molar-refractivity contribution in [1.82, 2.24) is 5.32 Å². The van der Waals surface area contributed by atoms with Crippen LogP contribution in [0.3, 0.4) is 0 Å². The molecule has 0 heterocycles. The first-order valence-corrected chi connectivity index (χ1v) is 5.41. The quantitative estimate of drug-likeness (QED) is 0.605. The summed E-state index contributed by atoms with van der Waals surface area (Å²) in [6, 6.07) is 0.939. The first kappa shape index (κ1) is 11.0. The number of hydrogen-bond donors (Lipinski definition) is 2. The van der Waals surface area contributed by atoms with E-state index in [1.165, 1.54) is 19.3 Å². The Hall–Kier alpha value is -0.120. The van der Waals surface area contributed by atoms with Gasteiger partial charge in [-0.05, 0) is 32.7 Å². The zero-order chi connectivity index (χ0) is 9.52. The smallest absolute Gasteiger partial charge is 0.0477 e. The van der Waals surface area contributed by atoms with E-state index in [2.05, 4.69) is 5.32 Å². The van der Waals surface area contributed by atoms with Crippen LogP contribution >= 0.6 is 0 Å². The zero-order valence-electron chi connectivity index (χ0n) is 8.59. The summed E-state index contributed by atoms with van der Waals surface area (Å²) in [7, 11) is 0. The third kappa shape index (κ3) is 4.07. The van der Waals surface area contributed by atoms with Gasteiger partial charge in [0.25, 0.3) is 0 Å². The SMILES string of the molecule is CCOCCCNC1CCCC1N. The number of nitrogens with one attached hydrogen (secondary N) is 1. The molecule has 3 nitrogen and oxygen atoms in total. The Morgan fingerprint density at radius 2 is 2.31 bits per heavy atom. The van der Waals surface area contributed by atoms with Gasteiger partial charge in [0.15, 0.2) is 0 Å². The van der Waals surface area contributed by atoms with Crippen molar-refractivity contribution < 1.29 is 4.74 Å². The Morgan fingerprint density at radius 1 is 1.46 bits per heavy atom. The van der Waals surface area contributed by atoms with Crippen LogP contribution in [-0.4, -0.2) is 31.8 Å². The van der Waals surface area contributed by atoms with E-state index in [0.29, 0.717) is 12.1 Å². The van der Waals surface area contributed by atoms with Gasteiger partial charge in [-0.15, -0.1) is 0 Å². The predicted octanol–water partition coefficient (Wildman–Crippen LogP) is 0.882. The van der Waals surface area contributed by atoms with Crippen molar-refractivity contribution in [3.63, 3.8) is 0 Å². The highest BCUT2D eigenvalue weighted by molar-refractivity contribution is 4.85. The molecule has 3 heteroatoms. The van der Waals surface area contributed by atoms with Gasteiger partial charge in [-0.2, -0.15) is 0 Å². The highest BCUT2D eigenvalue weighted by Crippen LogP contribution is 2.16. The molecular formula is C10H22N2O. The van der Waals surface area contributed by atoms with Gasteiger partial charge in [-0.3, -0.25) is 0 Å². The van der Waals surface area contributed by atoms with E-state index >= 15 is 0 Å². The average molecular weight is 186 g/mol. The number of hydrogen-bond acceptors (Lipinski definition) is 3. The molecule has 0 radical (unpaired) electrons. The number of rotatable bonds is 6. The molecule has 3 N–H and O–H groups in total. The Balaban J connectivity index is 1.93. The van der Waals surface area contributed by atoms with Gasteiger partial charge in [0.05, 0.1) is 0 Å². The molecule has 0 bridgehead atoms. The second-order valence-electron chi connectivity index (χ2n) is 3.71. The zero-order valence-corrected chi connectivity index (χ0v) is 8.59. The number of nitrogens with two attached hydrogens (primary N) is 1. The highest BCUT2D eigenvalue weighted by Gasteiger charge is 2.22. The van der Waals surface area contributed by atoms with Crippen molar-refractivity contribution in [3.8, 4) is 0 Å². The molecule has 0 spiro atoms. The van der Waals surface area contributed by atoms with Crippen LogP contribution in [0.2, 0.25) is 0 Å². The van der Waals surface area contributed by atoms with Crippen molar-refractivity contribution in [2.24, 2.45) is 5.73 Å². The normalized spacial score (nSPS) is 28.2. The molecule has 0 aromatic heterocycles. The van der Waals surface area contributed by atoms with Crippen molar-refractivity contribution in [2.75, 3.05) is 19.8 Å². The fraction of sp³-hybridized carbons (Fsp3) is 1.00. The average Bonchev–Trinajstić information content (AvgIpc) is 2.52. The largest absolute Gasteiger partial charge is 0.382 e. The van der Waals surface area contributed by atoms with E-state index in [1.54, 1.807) is 0 Å². The molecule has 1 aliphatic carbocycles. The van der Waals surface area contributed by atoms with Gasteiger partial charge in [0.2, 0.25) is 0 Å². The van der Waals surface area contributed by atoms with Crippen LogP contribution in [0.25, 0.3) is 0 Å². The maximum absolute atomic E-state index is 5.93. The number of ether oxygens (including phenoxy) is 1. The van der Waals surface area contributed by atoms with E-state index in [9.17, 15) is 0 Å². The molecule has 0 saturated heterocycles. The van der Waals surface area contributed by atoms with Gasteiger partial charge in [0.1, 0.15) is 0 Å². The van der Waals surface area contributed by atoms with Crippen LogP contribution in [0, 0.1) is 0 Å². The molecule has 78 valence electrons. The van der Waals surface area contributed by atoms with Crippen molar-refractivity contribution in [2.45, 2.75) is 44.7 Å². The molecule has 1 rings (SSSR count). The van der Waals surface area contributed by atoms with Gasteiger partial charge in [-0.25, -0.2) is 0 Å². The summed E-state index contributed by atoms with van der Waals surface area (Å²) in [5.41, 5.74) is 5.93. The maximum atomic E-state index is 5.93. The minimum atomic E-state index is 0.382. The van der Waals surface area contributed by atoms with Crippen LogP contribution in [0.15, 0.2) is 0 Å². The third-order valence-electron chi connectivity index (χ3n) is 2.65. The van der Waals surface area contributed by atoms with E-state index < -0.39 is 0 Å². The minimum absolute atomic E-state index is 0.382. The van der Waals surface area contributed by atoms with Crippen LogP contribution in [0.5, 0.6) is 0 Å². The molecule has 0 aliphatic heterocycles. The third-order valence-corrected chi connectivity index (χ3v) is 2.65. The van der Waals surface area contributed by atoms with E-state index in [0.717, 1.165) is 26.2 Å². The lowest BCUT2D eigenvalue weighted by atomic mass is 10.2. The van der Waals surface area contributed by atoms with Crippen LogP contribution in [-0.2, 0) is 4.74 Å². The molecule has 0 amide bonds. The maximum Gasteiger partial charge on any atom is 0.0477 e. The fourth-order valence-electron chi connectivity index (χ4n) is 1.85. The molecule has 2 atom stereocenters. The fourth-order valence-corrected chi connectivity index (χ4v) is 1.85. The van der Waals surface area contributed by atoms with Gasteiger partial charge in [-0.1, -0.05) is 6.42 Å². The Morgan fingerprint density at radius 3 is 2.92 bits per heavy atom. The Kier molecular flexibility index (Phi) is 5.35. The predicted molar refractivity (Wildman–Crippen MR) is 54.7 cm³/mol. The lowest BCUT2D eigenvalue weighted by Crippen LogP contribution is -2.41. The summed E-state index contributed by atoms with van der Waals surface area (Å²) < 4.78 is 5.25. The first-order valence-electron chi connectivity index (χ1n) is 5.41. The lowest BCUT2D eigenvalue weighted by molar-refractivity contribution is 0.144. The summed E-state index contributed by atoms with van der Waals surface area (Å²) >= 11 is 0. The summed E-state index contributed by atoms with van der Waals surface area (Å²) in [6.45, 7) is 4.76. The molecule has 0 aromatic carbocycles.